The summed E-state index contributed by atoms with van der Waals surface area (Å²) in [4.78, 5) is 6.79. The van der Waals surface area contributed by atoms with Gasteiger partial charge in [-0.3, -0.25) is 4.99 Å². The molecule has 0 N–H and O–H groups in total. The van der Waals surface area contributed by atoms with Gasteiger partial charge in [0, 0.05) is 12.1 Å². The lowest BCUT2D eigenvalue weighted by molar-refractivity contribution is 0.332. The lowest BCUT2D eigenvalue weighted by Gasteiger charge is -2.27. The molecule has 2 aliphatic rings. The molecule has 3 rings (SSSR count). The number of thioether (sulfide) groups is 1. The van der Waals surface area contributed by atoms with Gasteiger partial charge in [-0.05, 0) is 11.8 Å². The molecular weight excluding hydrogens is 320 g/mol. The van der Waals surface area contributed by atoms with Gasteiger partial charge in [-0.2, -0.15) is 0 Å². The van der Waals surface area contributed by atoms with E-state index in [0.717, 1.165) is 22.2 Å². The second-order valence-corrected chi connectivity index (χ2v) is 8.88. The van der Waals surface area contributed by atoms with E-state index in [0.29, 0.717) is 6.54 Å². The lowest BCUT2D eigenvalue weighted by Crippen LogP contribution is -2.38. The summed E-state index contributed by atoms with van der Waals surface area (Å²) in [5, 5.41) is 0.957. The van der Waals surface area contributed by atoms with Crippen LogP contribution in [0.4, 0.5) is 0 Å². The van der Waals surface area contributed by atoms with Crippen LogP contribution in [0, 0.1) is 0 Å². The number of benzene rings is 1. The Labute approximate surface area is 135 Å². The Bertz CT molecular complexity index is 688. The molecule has 5 nitrogen and oxygen atoms in total. The number of nitrogens with zero attached hydrogens (tertiary/aromatic N) is 2. The highest BCUT2D eigenvalue weighted by atomic mass is 32.2. The van der Waals surface area contributed by atoms with Crippen molar-refractivity contribution < 1.29 is 13.2 Å². The summed E-state index contributed by atoms with van der Waals surface area (Å²) in [5.74, 6) is 2.12. The second kappa shape index (κ2) is 6.12. The van der Waals surface area contributed by atoms with Crippen molar-refractivity contribution in [1.82, 2.24) is 4.90 Å². The van der Waals surface area contributed by atoms with Crippen molar-refractivity contribution in [3.63, 3.8) is 0 Å². The van der Waals surface area contributed by atoms with Crippen molar-refractivity contribution in [2.45, 2.75) is 25.6 Å². The number of aliphatic imine (C=N–C) groups is 1. The van der Waals surface area contributed by atoms with Gasteiger partial charge in [-0.15, -0.1) is 0 Å². The van der Waals surface area contributed by atoms with Gasteiger partial charge >= 0.3 is 0 Å². The molecule has 0 saturated carbocycles. The van der Waals surface area contributed by atoms with Crippen LogP contribution in [-0.2, 0) is 16.4 Å². The highest BCUT2D eigenvalue weighted by Crippen LogP contribution is 2.33. The third-order valence-corrected chi connectivity index (χ3v) is 6.61. The summed E-state index contributed by atoms with van der Waals surface area (Å²) in [6.07, 6.45) is 0. The van der Waals surface area contributed by atoms with Gasteiger partial charge in [0.1, 0.15) is 5.75 Å². The maximum atomic E-state index is 11.9. The molecule has 7 heteroatoms. The minimum atomic E-state index is -2.97. The molecule has 0 radical (unpaired) electrons. The van der Waals surface area contributed by atoms with Gasteiger partial charge in [-0.25, -0.2) is 8.42 Å². The fourth-order valence-corrected chi connectivity index (χ4v) is 5.75. The van der Waals surface area contributed by atoms with E-state index in [1.807, 2.05) is 24.3 Å². The first-order chi connectivity index (χ1) is 10.5. The predicted octanol–water partition coefficient (Wildman–Crippen LogP) is 1.79. The first kappa shape index (κ1) is 15.7. The van der Waals surface area contributed by atoms with Crippen LogP contribution in [-0.4, -0.2) is 54.9 Å². The van der Waals surface area contributed by atoms with Crippen LogP contribution in [0.1, 0.15) is 12.5 Å². The third kappa shape index (κ3) is 2.96. The molecule has 2 atom stereocenters. The molecule has 0 amide bonds. The Balaban J connectivity index is 1.88. The SMILES string of the molecule is CCSC1=N[C@@H]2CS(=O)(=O)C[C@@H]2N1Cc1ccccc1OC. The van der Waals surface area contributed by atoms with E-state index >= 15 is 0 Å². The quantitative estimate of drug-likeness (QED) is 0.836. The monoisotopic (exact) mass is 340 g/mol. The molecule has 1 aromatic carbocycles. The van der Waals surface area contributed by atoms with Crippen molar-refractivity contribution in [3.8, 4) is 5.75 Å². The number of hydrogen-bond acceptors (Lipinski definition) is 6. The lowest BCUT2D eigenvalue weighted by atomic mass is 10.1. The Morgan fingerprint density at radius 2 is 2.14 bits per heavy atom. The number of rotatable bonds is 4. The molecule has 2 aliphatic heterocycles. The molecule has 0 unspecified atom stereocenters. The molecule has 0 bridgehead atoms. The van der Waals surface area contributed by atoms with Gasteiger partial charge in [0.05, 0.1) is 30.7 Å². The minimum absolute atomic E-state index is 0.0380. The Morgan fingerprint density at radius 1 is 1.36 bits per heavy atom. The largest absolute Gasteiger partial charge is 0.496 e. The molecule has 0 spiro atoms. The van der Waals surface area contributed by atoms with Crippen LogP contribution in [0.5, 0.6) is 5.75 Å². The molecule has 2 heterocycles. The molecule has 0 aromatic heterocycles. The molecule has 120 valence electrons. The highest BCUT2D eigenvalue weighted by Gasteiger charge is 2.46. The van der Waals surface area contributed by atoms with Crippen molar-refractivity contribution in [1.29, 1.82) is 0 Å². The maximum absolute atomic E-state index is 11.9. The fraction of sp³-hybridized carbons (Fsp3) is 0.533. The van der Waals surface area contributed by atoms with E-state index < -0.39 is 9.84 Å². The smallest absolute Gasteiger partial charge is 0.160 e. The summed E-state index contributed by atoms with van der Waals surface area (Å²) in [6.45, 7) is 2.71. The fourth-order valence-electron chi connectivity index (χ4n) is 3.04. The zero-order valence-corrected chi connectivity index (χ0v) is 14.4. The van der Waals surface area contributed by atoms with Crippen LogP contribution < -0.4 is 4.74 Å². The van der Waals surface area contributed by atoms with E-state index in [1.165, 1.54) is 0 Å². The van der Waals surface area contributed by atoms with Gasteiger partial charge in [0.15, 0.2) is 15.0 Å². The Morgan fingerprint density at radius 3 is 2.86 bits per heavy atom. The minimum Gasteiger partial charge on any atom is -0.496 e. The normalized spacial score (nSPS) is 25.9. The van der Waals surface area contributed by atoms with Crippen molar-refractivity contribution in [2.75, 3.05) is 24.4 Å². The third-order valence-electron chi connectivity index (χ3n) is 4.02. The highest BCUT2D eigenvalue weighted by molar-refractivity contribution is 8.13. The molecule has 1 saturated heterocycles. The zero-order chi connectivity index (χ0) is 15.7. The van der Waals surface area contributed by atoms with E-state index in [9.17, 15) is 8.42 Å². The Kier molecular flexibility index (Phi) is 4.36. The van der Waals surface area contributed by atoms with Crippen LogP contribution >= 0.6 is 11.8 Å². The number of amidine groups is 1. The van der Waals surface area contributed by atoms with Crippen LogP contribution in [0.15, 0.2) is 29.3 Å². The summed E-state index contributed by atoms with van der Waals surface area (Å²) in [5.41, 5.74) is 1.05. The number of sulfone groups is 1. The number of hydrogen-bond donors (Lipinski definition) is 0. The Hall–Kier alpha value is -1.21. The predicted molar refractivity (Wildman–Crippen MR) is 90.3 cm³/mol. The van der Waals surface area contributed by atoms with Crippen molar-refractivity contribution >= 4 is 26.8 Å². The first-order valence-corrected chi connectivity index (χ1v) is 10.1. The topological polar surface area (TPSA) is 59.0 Å². The average molecular weight is 340 g/mol. The van der Waals surface area contributed by atoms with E-state index in [4.69, 9.17) is 4.74 Å². The first-order valence-electron chi connectivity index (χ1n) is 7.33. The van der Waals surface area contributed by atoms with Gasteiger partial charge < -0.3 is 9.64 Å². The van der Waals surface area contributed by atoms with Crippen LogP contribution in [0.25, 0.3) is 0 Å². The van der Waals surface area contributed by atoms with E-state index in [2.05, 4.69) is 16.8 Å². The molecule has 1 fully saturated rings. The van der Waals surface area contributed by atoms with Crippen LogP contribution in [0.3, 0.4) is 0 Å². The molecule has 0 aliphatic carbocycles. The van der Waals surface area contributed by atoms with Crippen molar-refractivity contribution in [3.05, 3.63) is 29.8 Å². The molecule has 1 aromatic rings. The van der Waals surface area contributed by atoms with Crippen molar-refractivity contribution in [2.24, 2.45) is 4.99 Å². The number of para-hydroxylation sites is 1. The zero-order valence-electron chi connectivity index (χ0n) is 12.7. The van der Waals surface area contributed by atoms with Gasteiger partial charge in [-0.1, -0.05) is 36.9 Å². The average Bonchev–Trinajstić information content (AvgIpc) is 2.93. The molecular formula is C15H20N2O3S2. The summed E-state index contributed by atoms with van der Waals surface area (Å²) < 4.78 is 29.2. The van der Waals surface area contributed by atoms with Gasteiger partial charge in [0.2, 0.25) is 0 Å². The van der Waals surface area contributed by atoms with Crippen LogP contribution in [0.2, 0.25) is 0 Å². The second-order valence-electron chi connectivity index (χ2n) is 5.50. The van der Waals surface area contributed by atoms with Gasteiger partial charge in [0.25, 0.3) is 0 Å². The summed E-state index contributed by atoms with van der Waals surface area (Å²) in [6, 6.07) is 7.70. The summed E-state index contributed by atoms with van der Waals surface area (Å²) >= 11 is 1.68. The number of methoxy groups -OCH3 is 1. The standard InChI is InChI=1S/C15H20N2O3S2/c1-3-21-15-16-12-9-22(18,19)10-13(12)17(15)8-11-6-4-5-7-14(11)20-2/h4-7,12-13H,3,8-10H2,1-2H3/t12-,13+/m1/s1. The number of ether oxygens (including phenoxy) is 1. The summed E-state index contributed by atoms with van der Waals surface area (Å²) in [7, 11) is -1.32. The number of fused-ring (bicyclic) bond motifs is 1. The van der Waals surface area contributed by atoms with E-state index in [1.54, 1.807) is 18.9 Å². The molecule has 22 heavy (non-hydrogen) atoms. The maximum Gasteiger partial charge on any atom is 0.160 e. The van der Waals surface area contributed by atoms with E-state index in [-0.39, 0.29) is 23.6 Å².